The fraction of sp³-hybridized carbons (Fsp3) is 0.818. The first kappa shape index (κ1) is 30.0. The van der Waals surface area contributed by atoms with Crippen molar-refractivity contribution in [2.24, 2.45) is 11.3 Å². The van der Waals surface area contributed by atoms with Gasteiger partial charge in [-0.1, -0.05) is 59.3 Å². The standard InChI is InChI=1S/C22H33F5O3S/c1-6-10-12-20(31-28,13-11-7-2)30-16-19(5,14-18(8-3)9-4)15-29-17-21(23,24)22(25,26)27/h18,28H,6-9,14-17H2,1-5H3. The SMILES string of the molecule is CCC#CC(C#CCC)(OCC(C)(COCC(F)(F)C(F)(F)F)CC(CC)CC)SO. The van der Waals surface area contributed by atoms with Gasteiger partial charge in [-0.3, -0.25) is 0 Å². The fourth-order valence-corrected chi connectivity index (χ4v) is 3.15. The Morgan fingerprint density at radius 1 is 0.871 bits per heavy atom. The minimum Gasteiger partial charge on any atom is -0.374 e. The van der Waals surface area contributed by atoms with Crippen molar-refractivity contribution in [3.8, 4) is 23.7 Å². The summed E-state index contributed by atoms with van der Waals surface area (Å²) >= 11 is 0.321. The molecule has 0 rings (SSSR count). The van der Waals surface area contributed by atoms with E-state index < -0.39 is 29.1 Å². The summed E-state index contributed by atoms with van der Waals surface area (Å²) in [5.41, 5.74) is -0.888. The predicted molar refractivity (Wildman–Crippen MR) is 114 cm³/mol. The second-order valence-corrected chi connectivity index (χ2v) is 8.46. The number of rotatable bonds is 12. The maximum atomic E-state index is 13.3. The fourth-order valence-electron chi connectivity index (χ4n) is 2.80. The van der Waals surface area contributed by atoms with Crippen molar-refractivity contribution in [3.05, 3.63) is 0 Å². The van der Waals surface area contributed by atoms with E-state index in [1.165, 1.54) is 0 Å². The maximum absolute atomic E-state index is 13.3. The van der Waals surface area contributed by atoms with Crippen LogP contribution < -0.4 is 0 Å². The first-order valence-electron chi connectivity index (χ1n) is 10.3. The lowest BCUT2D eigenvalue weighted by Crippen LogP contribution is -2.43. The summed E-state index contributed by atoms with van der Waals surface area (Å²) in [5.74, 6) is 6.44. The normalized spacial score (nSPS) is 14.5. The lowest BCUT2D eigenvalue weighted by atomic mass is 9.80. The monoisotopic (exact) mass is 472 g/mol. The van der Waals surface area contributed by atoms with E-state index in [-0.39, 0.29) is 19.1 Å². The van der Waals surface area contributed by atoms with Crippen LogP contribution in [0.4, 0.5) is 22.0 Å². The number of hydrogen-bond acceptors (Lipinski definition) is 4. The Morgan fingerprint density at radius 3 is 1.77 bits per heavy atom. The molecule has 180 valence electrons. The molecule has 0 saturated heterocycles. The molecule has 0 aromatic heterocycles. The van der Waals surface area contributed by atoms with Crippen LogP contribution in [0.3, 0.4) is 0 Å². The molecule has 0 saturated carbocycles. The second kappa shape index (κ2) is 13.5. The van der Waals surface area contributed by atoms with Gasteiger partial charge in [0.05, 0.1) is 25.3 Å². The molecule has 0 spiro atoms. The van der Waals surface area contributed by atoms with E-state index in [9.17, 15) is 26.5 Å². The van der Waals surface area contributed by atoms with Gasteiger partial charge >= 0.3 is 12.1 Å². The second-order valence-electron chi connectivity index (χ2n) is 7.70. The summed E-state index contributed by atoms with van der Waals surface area (Å²) in [4.78, 5) is -1.53. The summed E-state index contributed by atoms with van der Waals surface area (Å²) in [6, 6.07) is 0. The Kier molecular flexibility index (Phi) is 13.1. The van der Waals surface area contributed by atoms with Crippen LogP contribution in [0, 0.1) is 35.0 Å². The largest absolute Gasteiger partial charge is 0.455 e. The Balaban J connectivity index is 5.59. The number of alkyl halides is 5. The van der Waals surface area contributed by atoms with Crippen LogP contribution in [0.2, 0.25) is 0 Å². The van der Waals surface area contributed by atoms with Crippen molar-refractivity contribution in [2.75, 3.05) is 19.8 Å². The van der Waals surface area contributed by atoms with Gasteiger partial charge in [0.2, 0.25) is 0 Å². The quantitative estimate of drug-likeness (QED) is 0.147. The molecule has 9 heteroatoms. The first-order valence-corrected chi connectivity index (χ1v) is 11.1. The van der Waals surface area contributed by atoms with Crippen LogP contribution in [0.15, 0.2) is 0 Å². The van der Waals surface area contributed by atoms with E-state index >= 15 is 0 Å². The van der Waals surface area contributed by atoms with E-state index in [1.807, 2.05) is 27.7 Å². The Morgan fingerprint density at radius 2 is 1.39 bits per heavy atom. The molecular weight excluding hydrogens is 439 g/mol. The number of ether oxygens (including phenoxy) is 2. The van der Waals surface area contributed by atoms with Crippen molar-refractivity contribution in [1.29, 1.82) is 0 Å². The summed E-state index contributed by atoms with van der Waals surface area (Å²) in [5, 5.41) is 0. The van der Waals surface area contributed by atoms with E-state index in [4.69, 9.17) is 9.47 Å². The molecule has 0 aliphatic carbocycles. The summed E-state index contributed by atoms with van der Waals surface area (Å²) in [7, 11) is 0. The Hall–Kier alpha value is -1.00. The molecule has 0 heterocycles. The molecule has 0 aromatic rings. The summed E-state index contributed by atoms with van der Waals surface area (Å²) < 4.78 is 84.4. The predicted octanol–water partition coefficient (Wildman–Crippen LogP) is 6.78. The smallest absolute Gasteiger partial charge is 0.374 e. The van der Waals surface area contributed by atoms with Crippen LogP contribution in [0.1, 0.15) is 66.7 Å². The number of halogens is 5. The van der Waals surface area contributed by atoms with Gasteiger partial charge in [-0.2, -0.15) is 22.0 Å². The highest BCUT2D eigenvalue weighted by Gasteiger charge is 2.57. The third kappa shape index (κ3) is 10.4. The van der Waals surface area contributed by atoms with Crippen LogP contribution >= 0.6 is 12.0 Å². The van der Waals surface area contributed by atoms with Gasteiger partial charge in [-0.15, -0.1) is 0 Å². The molecule has 0 aromatic carbocycles. The van der Waals surface area contributed by atoms with Gasteiger partial charge in [-0.25, -0.2) is 0 Å². The van der Waals surface area contributed by atoms with Gasteiger partial charge < -0.3 is 14.0 Å². The van der Waals surface area contributed by atoms with Crippen LogP contribution in [0.5, 0.6) is 0 Å². The molecule has 31 heavy (non-hydrogen) atoms. The zero-order chi connectivity index (χ0) is 24.2. The molecule has 0 aliphatic rings. The van der Waals surface area contributed by atoms with Crippen molar-refractivity contribution < 1.29 is 36.0 Å². The van der Waals surface area contributed by atoms with Gasteiger partial charge in [0.25, 0.3) is 4.93 Å². The molecule has 0 bridgehead atoms. The highest BCUT2D eigenvalue weighted by molar-refractivity contribution is 7.95. The average Bonchev–Trinajstić information content (AvgIpc) is 2.71. The van der Waals surface area contributed by atoms with E-state index in [1.54, 1.807) is 6.92 Å². The van der Waals surface area contributed by atoms with Crippen LogP contribution in [0.25, 0.3) is 0 Å². The molecular formula is C22H33F5O3S. The van der Waals surface area contributed by atoms with Crippen LogP contribution in [-0.2, 0) is 9.47 Å². The van der Waals surface area contributed by atoms with Gasteiger partial charge in [0.15, 0.2) is 0 Å². The van der Waals surface area contributed by atoms with Crippen molar-refractivity contribution in [2.45, 2.75) is 83.8 Å². The molecule has 1 unspecified atom stereocenters. The van der Waals surface area contributed by atoms with Crippen LogP contribution in [-0.4, -0.2) is 41.4 Å². The molecule has 1 N–H and O–H groups in total. The summed E-state index contributed by atoms with van der Waals surface area (Å²) in [6.07, 6.45) is -2.60. The molecule has 0 radical (unpaired) electrons. The minimum absolute atomic E-state index is 0.0918. The van der Waals surface area contributed by atoms with Crippen molar-refractivity contribution >= 4 is 12.0 Å². The van der Waals surface area contributed by atoms with Gasteiger partial charge in [0, 0.05) is 18.3 Å². The average molecular weight is 473 g/mol. The maximum Gasteiger partial charge on any atom is 0.455 e. The van der Waals surface area contributed by atoms with E-state index in [0.717, 1.165) is 12.8 Å². The van der Waals surface area contributed by atoms with Gasteiger partial charge in [-0.05, 0) is 24.2 Å². The lowest BCUT2D eigenvalue weighted by Gasteiger charge is -2.35. The van der Waals surface area contributed by atoms with E-state index in [2.05, 4.69) is 23.7 Å². The third-order valence-electron chi connectivity index (χ3n) is 4.70. The van der Waals surface area contributed by atoms with Crippen molar-refractivity contribution in [1.82, 2.24) is 0 Å². The molecule has 0 fully saturated rings. The highest BCUT2D eigenvalue weighted by Crippen LogP contribution is 2.37. The topological polar surface area (TPSA) is 38.7 Å². The first-order chi connectivity index (χ1) is 14.3. The summed E-state index contributed by atoms with van der Waals surface area (Å²) in [6.45, 7) is 7.06. The molecule has 0 aliphatic heterocycles. The lowest BCUT2D eigenvalue weighted by molar-refractivity contribution is -0.298. The number of hydrogen-bond donors (Lipinski definition) is 1. The molecule has 3 nitrogen and oxygen atoms in total. The third-order valence-corrected chi connectivity index (χ3v) is 5.28. The zero-order valence-corrected chi connectivity index (χ0v) is 19.6. The molecule has 1 atom stereocenters. The highest BCUT2D eigenvalue weighted by atomic mass is 32.2. The zero-order valence-electron chi connectivity index (χ0n) is 18.8. The van der Waals surface area contributed by atoms with Gasteiger partial charge in [0.1, 0.15) is 6.61 Å². The Labute approximate surface area is 187 Å². The molecule has 0 amide bonds. The van der Waals surface area contributed by atoms with E-state index in [0.29, 0.717) is 31.3 Å². The van der Waals surface area contributed by atoms with Crippen molar-refractivity contribution in [3.63, 3.8) is 0 Å². The minimum atomic E-state index is -5.68. The Bertz CT molecular complexity index is 619.